The van der Waals surface area contributed by atoms with E-state index in [1.54, 1.807) is 0 Å². The Morgan fingerprint density at radius 3 is 2.46 bits per heavy atom. The molecule has 0 atom stereocenters. The summed E-state index contributed by atoms with van der Waals surface area (Å²) in [5.74, 6) is 0. The fourth-order valence-electron chi connectivity index (χ4n) is 1.44. The Balaban J connectivity index is 2.94. The third kappa shape index (κ3) is 1.65. The van der Waals surface area contributed by atoms with Crippen molar-refractivity contribution in [3.63, 3.8) is 0 Å². The Morgan fingerprint density at radius 2 is 1.69 bits per heavy atom. The minimum absolute atomic E-state index is 1.15. The smallest absolute Gasteiger partial charge is 0.0256 e. The van der Waals surface area contributed by atoms with E-state index in [9.17, 15) is 0 Å². The molecule has 2 rings (SSSR count). The Hall–Kier alpha value is -0.340. The highest BCUT2D eigenvalue weighted by Crippen LogP contribution is 2.30. The molecule has 0 amide bonds. The molecule has 0 aliphatic carbocycles. The van der Waals surface area contributed by atoms with E-state index in [1.165, 1.54) is 16.3 Å². The first-order valence-corrected chi connectivity index (χ1v) is 5.61. The van der Waals surface area contributed by atoms with E-state index in [-0.39, 0.29) is 0 Å². The maximum Gasteiger partial charge on any atom is 0.0256 e. The van der Waals surface area contributed by atoms with Gasteiger partial charge in [-0.15, -0.1) is 0 Å². The predicted molar refractivity (Wildman–Crippen MR) is 64.1 cm³/mol. The lowest BCUT2D eigenvalue weighted by atomic mass is 10.1. The molecule has 0 saturated heterocycles. The van der Waals surface area contributed by atoms with Crippen molar-refractivity contribution in [3.8, 4) is 0 Å². The van der Waals surface area contributed by atoms with Crippen LogP contribution < -0.4 is 0 Å². The van der Waals surface area contributed by atoms with Gasteiger partial charge >= 0.3 is 0 Å². The zero-order valence-corrected chi connectivity index (χ0v) is 10.3. The molecule has 2 aromatic rings. The molecule has 0 nitrogen and oxygen atoms in total. The van der Waals surface area contributed by atoms with Crippen molar-refractivity contribution in [1.29, 1.82) is 0 Å². The summed E-state index contributed by atoms with van der Waals surface area (Å²) in [7, 11) is 0. The Bertz CT molecular complexity index is 461. The molecule has 0 spiro atoms. The Kier molecular flexibility index (Phi) is 2.43. The van der Waals surface area contributed by atoms with Crippen LogP contribution in [-0.4, -0.2) is 0 Å². The van der Waals surface area contributed by atoms with E-state index in [0.717, 1.165) is 8.95 Å². The van der Waals surface area contributed by atoms with Gasteiger partial charge in [-0.1, -0.05) is 50.1 Å². The average molecular weight is 300 g/mol. The lowest BCUT2D eigenvalue weighted by molar-refractivity contribution is 1.48. The van der Waals surface area contributed by atoms with Crippen molar-refractivity contribution in [2.75, 3.05) is 0 Å². The highest BCUT2D eigenvalue weighted by molar-refractivity contribution is 9.11. The molecule has 2 aromatic carbocycles. The highest BCUT2D eigenvalue weighted by atomic mass is 79.9. The number of hydrogen-bond donors (Lipinski definition) is 0. The summed E-state index contributed by atoms with van der Waals surface area (Å²) in [5, 5.41) is 2.51. The number of rotatable bonds is 0. The van der Waals surface area contributed by atoms with Crippen LogP contribution >= 0.6 is 31.9 Å². The monoisotopic (exact) mass is 298 g/mol. The minimum atomic E-state index is 1.15. The molecule has 13 heavy (non-hydrogen) atoms. The fraction of sp³-hybridized carbons (Fsp3) is 0.0909. The molecule has 0 unspecified atom stereocenters. The van der Waals surface area contributed by atoms with Gasteiger partial charge in [-0.05, 0) is 35.4 Å². The van der Waals surface area contributed by atoms with Crippen LogP contribution in [0.15, 0.2) is 39.3 Å². The van der Waals surface area contributed by atoms with Gasteiger partial charge in [0.1, 0.15) is 0 Å². The van der Waals surface area contributed by atoms with E-state index in [0.29, 0.717) is 0 Å². The number of aryl methyl sites for hydroxylation is 1. The van der Waals surface area contributed by atoms with Crippen molar-refractivity contribution >= 4 is 42.6 Å². The van der Waals surface area contributed by atoms with Gasteiger partial charge in [0.2, 0.25) is 0 Å². The summed E-state index contributed by atoms with van der Waals surface area (Å²) in [6, 6.07) is 10.5. The number of hydrogen-bond acceptors (Lipinski definition) is 0. The normalized spacial score (nSPS) is 10.7. The standard InChI is InChI=1S/C11H8Br2/c1-7-5-9-8(11(13)6-7)3-2-4-10(9)12/h2-6H,1H3. The number of halogens is 2. The first kappa shape index (κ1) is 9.22. The van der Waals surface area contributed by atoms with Crippen LogP contribution in [0, 0.1) is 6.92 Å². The Morgan fingerprint density at radius 1 is 0.923 bits per heavy atom. The summed E-state index contributed by atoms with van der Waals surface area (Å²) in [6.07, 6.45) is 0. The second kappa shape index (κ2) is 3.43. The summed E-state index contributed by atoms with van der Waals surface area (Å²) in [5.41, 5.74) is 1.27. The number of benzene rings is 2. The summed E-state index contributed by atoms with van der Waals surface area (Å²) in [4.78, 5) is 0. The molecule has 0 bridgehead atoms. The minimum Gasteiger partial charge on any atom is -0.0605 e. The maximum absolute atomic E-state index is 3.56. The number of fused-ring (bicyclic) bond motifs is 1. The van der Waals surface area contributed by atoms with Gasteiger partial charge < -0.3 is 0 Å². The molecule has 0 radical (unpaired) electrons. The largest absolute Gasteiger partial charge is 0.0605 e. The molecule has 0 saturated carbocycles. The van der Waals surface area contributed by atoms with E-state index < -0.39 is 0 Å². The first-order chi connectivity index (χ1) is 6.18. The van der Waals surface area contributed by atoms with Gasteiger partial charge in [-0.2, -0.15) is 0 Å². The van der Waals surface area contributed by atoms with Crippen molar-refractivity contribution in [2.45, 2.75) is 6.92 Å². The van der Waals surface area contributed by atoms with E-state index >= 15 is 0 Å². The van der Waals surface area contributed by atoms with Crippen LogP contribution in [0.4, 0.5) is 0 Å². The van der Waals surface area contributed by atoms with Gasteiger partial charge in [0.15, 0.2) is 0 Å². The first-order valence-electron chi connectivity index (χ1n) is 4.03. The zero-order valence-electron chi connectivity index (χ0n) is 7.14. The van der Waals surface area contributed by atoms with E-state index in [1.807, 2.05) is 6.07 Å². The second-order valence-electron chi connectivity index (χ2n) is 3.08. The fourth-order valence-corrected chi connectivity index (χ4v) is 2.63. The zero-order chi connectivity index (χ0) is 9.42. The quantitative estimate of drug-likeness (QED) is 0.663. The molecule has 0 aliphatic rings. The van der Waals surface area contributed by atoms with Gasteiger partial charge in [-0.3, -0.25) is 0 Å². The average Bonchev–Trinajstić information content (AvgIpc) is 2.07. The van der Waals surface area contributed by atoms with Crippen molar-refractivity contribution in [3.05, 3.63) is 44.8 Å². The lowest BCUT2D eigenvalue weighted by Gasteiger charge is -2.04. The predicted octanol–water partition coefficient (Wildman–Crippen LogP) is 4.67. The van der Waals surface area contributed by atoms with Crippen molar-refractivity contribution in [2.24, 2.45) is 0 Å². The third-order valence-corrected chi connectivity index (χ3v) is 3.38. The van der Waals surface area contributed by atoms with Crippen LogP contribution in [0.1, 0.15) is 5.56 Å². The topological polar surface area (TPSA) is 0 Å². The van der Waals surface area contributed by atoms with Gasteiger partial charge in [0.05, 0.1) is 0 Å². The molecule has 0 fully saturated rings. The molecular formula is C11H8Br2. The molecule has 2 heteroatoms. The SMILES string of the molecule is Cc1cc(Br)c2cccc(Br)c2c1. The molecule has 0 aromatic heterocycles. The van der Waals surface area contributed by atoms with Gasteiger partial charge in [0.25, 0.3) is 0 Å². The lowest BCUT2D eigenvalue weighted by Crippen LogP contribution is -1.79. The molecular weight excluding hydrogens is 292 g/mol. The van der Waals surface area contributed by atoms with E-state index in [2.05, 4.69) is 63.0 Å². The van der Waals surface area contributed by atoms with Crippen molar-refractivity contribution in [1.82, 2.24) is 0 Å². The third-order valence-electron chi connectivity index (χ3n) is 2.04. The summed E-state index contributed by atoms with van der Waals surface area (Å²) in [6.45, 7) is 2.10. The second-order valence-corrected chi connectivity index (χ2v) is 4.79. The highest BCUT2D eigenvalue weighted by Gasteiger charge is 2.01. The molecule has 0 N–H and O–H groups in total. The van der Waals surface area contributed by atoms with Crippen LogP contribution in [0.2, 0.25) is 0 Å². The van der Waals surface area contributed by atoms with Crippen LogP contribution in [0.3, 0.4) is 0 Å². The van der Waals surface area contributed by atoms with Gasteiger partial charge in [-0.25, -0.2) is 0 Å². The molecule has 0 heterocycles. The van der Waals surface area contributed by atoms with Crippen LogP contribution in [0.25, 0.3) is 10.8 Å². The van der Waals surface area contributed by atoms with Crippen molar-refractivity contribution < 1.29 is 0 Å². The van der Waals surface area contributed by atoms with Gasteiger partial charge in [0, 0.05) is 8.95 Å². The summed E-state index contributed by atoms with van der Waals surface area (Å²) >= 11 is 7.11. The summed E-state index contributed by atoms with van der Waals surface area (Å²) < 4.78 is 2.30. The van der Waals surface area contributed by atoms with E-state index in [4.69, 9.17) is 0 Å². The Labute approximate surface area is 94.2 Å². The van der Waals surface area contributed by atoms with Crippen LogP contribution in [-0.2, 0) is 0 Å². The maximum atomic E-state index is 3.56. The molecule has 0 aliphatic heterocycles. The van der Waals surface area contributed by atoms with Crippen LogP contribution in [0.5, 0.6) is 0 Å². The molecule has 66 valence electrons.